The fraction of sp³-hybridized carbons (Fsp3) is 0.556. The Balaban J connectivity index is 1.49. The van der Waals surface area contributed by atoms with Crippen LogP contribution in [0.3, 0.4) is 0 Å². The Morgan fingerprint density at radius 2 is 2.16 bits per heavy atom. The third-order valence-electron chi connectivity index (χ3n) is 4.22. The van der Waals surface area contributed by atoms with Crippen LogP contribution in [0.1, 0.15) is 21.7 Å². The zero-order valence-electron chi connectivity index (χ0n) is 15.1. The van der Waals surface area contributed by atoms with E-state index in [-0.39, 0.29) is 0 Å². The van der Waals surface area contributed by atoms with E-state index >= 15 is 0 Å². The summed E-state index contributed by atoms with van der Waals surface area (Å²) in [5.41, 5.74) is 0. The molecule has 0 aromatic carbocycles. The van der Waals surface area contributed by atoms with Gasteiger partial charge in [0.1, 0.15) is 0 Å². The van der Waals surface area contributed by atoms with Gasteiger partial charge in [0.05, 0.1) is 5.01 Å². The van der Waals surface area contributed by atoms with Crippen molar-refractivity contribution in [1.29, 1.82) is 0 Å². The Bertz CT molecular complexity index is 657. The molecule has 2 aromatic heterocycles. The fourth-order valence-electron chi connectivity index (χ4n) is 2.94. The van der Waals surface area contributed by atoms with Crippen molar-refractivity contribution in [3.63, 3.8) is 0 Å². The maximum Gasteiger partial charge on any atom is 0.194 e. The van der Waals surface area contributed by atoms with Crippen LogP contribution in [0.4, 0.5) is 0 Å². The highest BCUT2D eigenvalue weighted by Crippen LogP contribution is 2.14. The summed E-state index contributed by atoms with van der Waals surface area (Å²) in [5, 5.41) is 6.78. The van der Waals surface area contributed by atoms with Gasteiger partial charge in [-0.15, -0.1) is 22.7 Å². The van der Waals surface area contributed by atoms with Crippen molar-refractivity contribution in [3.8, 4) is 0 Å². The average Bonchev–Trinajstić information content (AvgIpc) is 3.27. The second-order valence-corrected chi connectivity index (χ2v) is 8.54. The van der Waals surface area contributed by atoms with Gasteiger partial charge in [0.2, 0.25) is 0 Å². The van der Waals surface area contributed by atoms with Gasteiger partial charge in [-0.2, -0.15) is 0 Å². The number of thiazole rings is 1. The molecule has 3 rings (SSSR count). The van der Waals surface area contributed by atoms with Gasteiger partial charge < -0.3 is 10.2 Å². The summed E-state index contributed by atoms with van der Waals surface area (Å²) < 4.78 is 0. The smallest absolute Gasteiger partial charge is 0.194 e. The van der Waals surface area contributed by atoms with Gasteiger partial charge in [-0.25, -0.2) is 4.98 Å². The lowest BCUT2D eigenvalue weighted by Crippen LogP contribution is -2.52. The fourth-order valence-corrected chi connectivity index (χ4v) is 4.46. The third-order valence-corrected chi connectivity index (χ3v) is 6.06. The zero-order chi connectivity index (χ0) is 17.5. The van der Waals surface area contributed by atoms with Crippen LogP contribution in [0.5, 0.6) is 0 Å². The number of hydrogen-bond acceptors (Lipinski definition) is 5. The van der Waals surface area contributed by atoms with Crippen LogP contribution in [-0.2, 0) is 13.0 Å². The Hall–Kier alpha value is -1.44. The molecule has 0 amide bonds. The minimum atomic E-state index is 0.796. The van der Waals surface area contributed by atoms with Crippen molar-refractivity contribution in [2.45, 2.75) is 26.8 Å². The molecule has 1 N–H and O–H groups in total. The predicted octanol–water partition coefficient (Wildman–Crippen LogP) is 2.84. The van der Waals surface area contributed by atoms with E-state index in [9.17, 15) is 0 Å². The van der Waals surface area contributed by atoms with Gasteiger partial charge in [-0.05, 0) is 25.3 Å². The van der Waals surface area contributed by atoms with Gasteiger partial charge in [0.15, 0.2) is 5.96 Å². The average molecular weight is 378 g/mol. The lowest BCUT2D eigenvalue weighted by molar-refractivity contribution is 0.173. The predicted molar refractivity (Wildman–Crippen MR) is 108 cm³/mol. The number of hydrogen-bond donors (Lipinski definition) is 1. The number of thiophene rings is 1. The van der Waals surface area contributed by atoms with Gasteiger partial charge in [-0.3, -0.25) is 9.89 Å². The van der Waals surface area contributed by atoms with Crippen molar-refractivity contribution < 1.29 is 0 Å². The molecule has 1 aliphatic heterocycles. The van der Waals surface area contributed by atoms with Gasteiger partial charge >= 0.3 is 0 Å². The highest BCUT2D eigenvalue weighted by Gasteiger charge is 2.19. The molecule has 136 valence electrons. The summed E-state index contributed by atoms with van der Waals surface area (Å²) in [5.74, 6) is 1.05. The van der Waals surface area contributed by atoms with Gasteiger partial charge in [-0.1, -0.05) is 6.07 Å². The molecular formula is C18H27N5S2. The summed E-state index contributed by atoms with van der Waals surface area (Å²) in [6, 6.07) is 4.36. The minimum absolute atomic E-state index is 0.796. The van der Waals surface area contributed by atoms with E-state index in [0.29, 0.717) is 0 Å². The van der Waals surface area contributed by atoms with E-state index in [2.05, 4.69) is 51.5 Å². The number of piperazine rings is 1. The molecule has 7 heteroatoms. The molecular weight excluding hydrogens is 350 g/mol. The lowest BCUT2D eigenvalue weighted by Gasteiger charge is -2.36. The quantitative estimate of drug-likeness (QED) is 0.621. The largest absolute Gasteiger partial charge is 0.357 e. The Kier molecular flexibility index (Phi) is 6.84. The molecule has 1 saturated heterocycles. The van der Waals surface area contributed by atoms with Crippen molar-refractivity contribution in [2.24, 2.45) is 4.99 Å². The molecule has 2 aromatic rings. The molecule has 0 radical (unpaired) electrons. The summed E-state index contributed by atoms with van der Waals surface area (Å²) >= 11 is 3.62. The minimum Gasteiger partial charge on any atom is -0.357 e. The van der Waals surface area contributed by atoms with Crippen molar-refractivity contribution in [2.75, 3.05) is 39.3 Å². The van der Waals surface area contributed by atoms with E-state index in [0.717, 1.165) is 58.2 Å². The molecule has 0 aliphatic carbocycles. The molecule has 1 fully saturated rings. The van der Waals surface area contributed by atoms with Crippen LogP contribution in [-0.4, -0.2) is 60.0 Å². The van der Waals surface area contributed by atoms with Crippen LogP contribution in [0, 0.1) is 6.92 Å². The van der Waals surface area contributed by atoms with Crippen molar-refractivity contribution in [1.82, 2.24) is 20.1 Å². The topological polar surface area (TPSA) is 43.8 Å². The van der Waals surface area contributed by atoms with Crippen LogP contribution >= 0.6 is 22.7 Å². The van der Waals surface area contributed by atoms with Crippen LogP contribution < -0.4 is 5.32 Å². The van der Waals surface area contributed by atoms with Crippen LogP contribution in [0.15, 0.2) is 28.7 Å². The highest BCUT2D eigenvalue weighted by molar-refractivity contribution is 7.11. The van der Waals surface area contributed by atoms with E-state index in [1.54, 1.807) is 11.3 Å². The zero-order valence-corrected chi connectivity index (χ0v) is 16.7. The molecule has 1 aliphatic rings. The van der Waals surface area contributed by atoms with Crippen molar-refractivity contribution in [3.05, 3.63) is 38.5 Å². The Morgan fingerprint density at radius 3 is 2.80 bits per heavy atom. The third kappa shape index (κ3) is 5.52. The molecule has 25 heavy (non-hydrogen) atoms. The molecule has 0 unspecified atom stereocenters. The van der Waals surface area contributed by atoms with Crippen LogP contribution in [0.25, 0.3) is 0 Å². The molecule has 0 spiro atoms. The molecule has 0 atom stereocenters. The molecule has 3 heterocycles. The second-order valence-electron chi connectivity index (χ2n) is 6.19. The molecule has 0 bridgehead atoms. The van der Waals surface area contributed by atoms with Gasteiger partial charge in [0, 0.05) is 68.2 Å². The first-order valence-corrected chi connectivity index (χ1v) is 10.6. The SMILES string of the molecule is CCNC(=NCCc1ncc(C)s1)N1CCN(Cc2cccs2)CC1. The summed E-state index contributed by atoms with van der Waals surface area (Å²) in [7, 11) is 0. The van der Waals surface area contributed by atoms with E-state index in [1.165, 1.54) is 14.8 Å². The molecule has 5 nitrogen and oxygen atoms in total. The first-order valence-electron chi connectivity index (χ1n) is 8.94. The highest BCUT2D eigenvalue weighted by atomic mass is 32.1. The number of guanidine groups is 1. The summed E-state index contributed by atoms with van der Waals surface area (Å²) in [6.07, 6.45) is 2.87. The van der Waals surface area contributed by atoms with Crippen molar-refractivity contribution >= 4 is 28.6 Å². The Labute approximate surface area is 158 Å². The monoisotopic (exact) mass is 377 g/mol. The molecule has 0 saturated carbocycles. The first-order chi connectivity index (χ1) is 12.2. The maximum atomic E-state index is 4.82. The van der Waals surface area contributed by atoms with E-state index in [4.69, 9.17) is 4.99 Å². The number of aliphatic imine (C=N–C) groups is 1. The maximum absolute atomic E-state index is 4.82. The normalized spacial score (nSPS) is 16.4. The number of aryl methyl sites for hydroxylation is 1. The number of nitrogens with zero attached hydrogens (tertiary/aromatic N) is 4. The standard InChI is InChI=1S/C18H27N5S2/c1-3-19-18(20-7-6-17-21-13-15(2)25-17)23-10-8-22(9-11-23)14-16-5-4-12-24-16/h4-5,12-13H,3,6-11,14H2,1-2H3,(H,19,20). The Morgan fingerprint density at radius 1 is 1.32 bits per heavy atom. The summed E-state index contributed by atoms with van der Waals surface area (Å²) in [4.78, 5) is 16.9. The van der Waals surface area contributed by atoms with E-state index in [1.807, 2.05) is 17.5 Å². The number of nitrogens with one attached hydrogen (secondary N) is 1. The summed E-state index contributed by atoms with van der Waals surface area (Å²) in [6.45, 7) is 11.3. The number of aromatic nitrogens is 1. The van der Waals surface area contributed by atoms with Gasteiger partial charge in [0.25, 0.3) is 0 Å². The lowest BCUT2D eigenvalue weighted by atomic mass is 10.3. The van der Waals surface area contributed by atoms with E-state index < -0.39 is 0 Å². The number of rotatable bonds is 6. The second kappa shape index (κ2) is 9.31. The first kappa shape index (κ1) is 18.4. The van der Waals surface area contributed by atoms with Crippen LogP contribution in [0.2, 0.25) is 0 Å².